The molecular weight excluding hydrogens is 341 g/mol. The monoisotopic (exact) mass is 355 g/mol. The van der Waals surface area contributed by atoms with E-state index in [2.05, 4.69) is 39.5 Å². The fourth-order valence-corrected chi connectivity index (χ4v) is 1.86. The van der Waals surface area contributed by atoms with Gasteiger partial charge >= 0.3 is 0 Å². The molecular formula is C13H14IN3O. The summed E-state index contributed by atoms with van der Waals surface area (Å²) >= 11 is 2.25. The Kier molecular flexibility index (Phi) is 4.35. The van der Waals surface area contributed by atoms with Crippen molar-refractivity contribution in [2.75, 3.05) is 5.73 Å². The lowest BCUT2D eigenvalue weighted by Crippen LogP contribution is -2.01. The first kappa shape index (κ1) is 13.1. The van der Waals surface area contributed by atoms with Gasteiger partial charge in [0.1, 0.15) is 17.4 Å². The molecule has 0 saturated heterocycles. The van der Waals surface area contributed by atoms with Crippen LogP contribution in [0.15, 0.2) is 30.3 Å². The van der Waals surface area contributed by atoms with Crippen molar-refractivity contribution >= 4 is 28.4 Å². The standard InChI is InChI=1S/C13H14IN3O/c1-2-3-12-16-11(15)8-13(17-12)18-10-6-4-9(14)5-7-10/h4-8H,2-3H2,1H3,(H2,15,16,17). The highest BCUT2D eigenvalue weighted by Crippen LogP contribution is 2.21. The molecule has 94 valence electrons. The molecule has 18 heavy (non-hydrogen) atoms. The molecule has 0 fully saturated rings. The van der Waals surface area contributed by atoms with E-state index < -0.39 is 0 Å². The van der Waals surface area contributed by atoms with E-state index in [4.69, 9.17) is 10.5 Å². The number of hydrogen-bond donors (Lipinski definition) is 1. The first-order valence-electron chi connectivity index (χ1n) is 5.74. The van der Waals surface area contributed by atoms with Crippen LogP contribution in [0.4, 0.5) is 5.82 Å². The zero-order valence-electron chi connectivity index (χ0n) is 10.1. The zero-order valence-corrected chi connectivity index (χ0v) is 12.2. The van der Waals surface area contributed by atoms with Gasteiger partial charge in [-0.1, -0.05) is 6.92 Å². The van der Waals surface area contributed by atoms with Crippen molar-refractivity contribution in [3.63, 3.8) is 0 Å². The Hall–Kier alpha value is -1.37. The normalized spacial score (nSPS) is 10.3. The Morgan fingerprint density at radius 2 is 1.94 bits per heavy atom. The van der Waals surface area contributed by atoms with E-state index >= 15 is 0 Å². The maximum Gasteiger partial charge on any atom is 0.224 e. The summed E-state index contributed by atoms with van der Waals surface area (Å²) in [5.41, 5.74) is 5.74. The molecule has 0 aliphatic carbocycles. The summed E-state index contributed by atoms with van der Waals surface area (Å²) in [6, 6.07) is 9.40. The Balaban J connectivity index is 2.20. The molecule has 0 spiro atoms. The van der Waals surface area contributed by atoms with Gasteiger partial charge in [-0.3, -0.25) is 0 Å². The molecule has 1 aromatic carbocycles. The number of nitrogen functional groups attached to an aromatic ring is 1. The maximum absolute atomic E-state index is 5.74. The molecule has 1 aromatic heterocycles. The Morgan fingerprint density at radius 1 is 1.22 bits per heavy atom. The first-order chi connectivity index (χ1) is 8.67. The van der Waals surface area contributed by atoms with Crippen LogP contribution in [0.25, 0.3) is 0 Å². The van der Waals surface area contributed by atoms with Crippen LogP contribution < -0.4 is 10.5 Å². The number of anilines is 1. The molecule has 0 unspecified atom stereocenters. The fourth-order valence-electron chi connectivity index (χ4n) is 1.50. The topological polar surface area (TPSA) is 61.0 Å². The van der Waals surface area contributed by atoms with Gasteiger partial charge in [0.15, 0.2) is 0 Å². The average Bonchev–Trinajstić information content (AvgIpc) is 2.32. The Morgan fingerprint density at radius 3 is 2.61 bits per heavy atom. The number of aryl methyl sites for hydroxylation is 1. The van der Waals surface area contributed by atoms with E-state index in [1.807, 2.05) is 24.3 Å². The Bertz CT molecular complexity index is 528. The zero-order chi connectivity index (χ0) is 13.0. The van der Waals surface area contributed by atoms with Crippen molar-refractivity contribution in [2.45, 2.75) is 19.8 Å². The van der Waals surface area contributed by atoms with Gasteiger partial charge in [-0.25, -0.2) is 4.98 Å². The summed E-state index contributed by atoms with van der Waals surface area (Å²) in [6.45, 7) is 2.08. The van der Waals surface area contributed by atoms with E-state index in [1.165, 1.54) is 0 Å². The van der Waals surface area contributed by atoms with Crippen LogP contribution >= 0.6 is 22.6 Å². The lowest BCUT2D eigenvalue weighted by atomic mass is 10.3. The predicted octanol–water partition coefficient (Wildman–Crippen LogP) is 3.41. The van der Waals surface area contributed by atoms with E-state index in [0.29, 0.717) is 11.7 Å². The summed E-state index contributed by atoms with van der Waals surface area (Å²) in [5.74, 6) is 2.40. The van der Waals surface area contributed by atoms with E-state index in [-0.39, 0.29) is 0 Å². The number of nitrogens with two attached hydrogens (primary N) is 1. The molecule has 0 aliphatic rings. The third kappa shape index (κ3) is 3.56. The minimum atomic E-state index is 0.439. The van der Waals surface area contributed by atoms with Crippen LogP contribution in [0.1, 0.15) is 19.2 Å². The van der Waals surface area contributed by atoms with Crippen LogP contribution in [-0.4, -0.2) is 9.97 Å². The summed E-state index contributed by atoms with van der Waals surface area (Å²) in [5, 5.41) is 0. The smallest absolute Gasteiger partial charge is 0.224 e. The molecule has 0 bridgehead atoms. The second-order valence-electron chi connectivity index (χ2n) is 3.85. The van der Waals surface area contributed by atoms with Crippen molar-refractivity contribution in [2.24, 2.45) is 0 Å². The first-order valence-corrected chi connectivity index (χ1v) is 6.82. The molecule has 0 saturated carbocycles. The Labute approximate surface area is 120 Å². The molecule has 0 amide bonds. The van der Waals surface area contributed by atoms with E-state index in [0.717, 1.165) is 28.0 Å². The van der Waals surface area contributed by atoms with Gasteiger partial charge in [0.05, 0.1) is 0 Å². The molecule has 0 atom stereocenters. The number of nitrogens with zero attached hydrogens (tertiary/aromatic N) is 2. The minimum Gasteiger partial charge on any atom is -0.439 e. The molecule has 0 radical (unpaired) electrons. The largest absolute Gasteiger partial charge is 0.439 e. The molecule has 0 aliphatic heterocycles. The van der Waals surface area contributed by atoms with Crippen LogP contribution in [-0.2, 0) is 6.42 Å². The van der Waals surface area contributed by atoms with E-state index in [9.17, 15) is 0 Å². The van der Waals surface area contributed by atoms with Crippen molar-refractivity contribution in [1.29, 1.82) is 0 Å². The van der Waals surface area contributed by atoms with Gasteiger partial charge in [-0.05, 0) is 53.3 Å². The van der Waals surface area contributed by atoms with Crippen molar-refractivity contribution < 1.29 is 4.74 Å². The van der Waals surface area contributed by atoms with Crippen molar-refractivity contribution in [3.05, 3.63) is 39.7 Å². The van der Waals surface area contributed by atoms with Crippen molar-refractivity contribution in [1.82, 2.24) is 9.97 Å². The number of aromatic nitrogens is 2. The molecule has 5 heteroatoms. The highest BCUT2D eigenvalue weighted by Gasteiger charge is 2.04. The van der Waals surface area contributed by atoms with E-state index in [1.54, 1.807) is 6.07 Å². The molecule has 2 N–H and O–H groups in total. The highest BCUT2D eigenvalue weighted by atomic mass is 127. The van der Waals surface area contributed by atoms with Crippen LogP contribution in [0.2, 0.25) is 0 Å². The third-order valence-corrected chi connectivity index (χ3v) is 3.00. The number of hydrogen-bond acceptors (Lipinski definition) is 4. The number of ether oxygens (including phenoxy) is 1. The van der Waals surface area contributed by atoms with Crippen LogP contribution in [0.3, 0.4) is 0 Å². The molecule has 4 nitrogen and oxygen atoms in total. The predicted molar refractivity (Wildman–Crippen MR) is 79.7 cm³/mol. The second kappa shape index (κ2) is 5.99. The van der Waals surface area contributed by atoms with Gasteiger partial charge in [-0.2, -0.15) is 4.98 Å². The number of benzene rings is 1. The highest BCUT2D eigenvalue weighted by molar-refractivity contribution is 14.1. The second-order valence-corrected chi connectivity index (χ2v) is 5.10. The average molecular weight is 355 g/mol. The summed E-state index contributed by atoms with van der Waals surface area (Å²) in [7, 11) is 0. The van der Waals surface area contributed by atoms with Gasteiger partial charge in [0, 0.05) is 16.1 Å². The molecule has 2 aromatic rings. The SMILES string of the molecule is CCCc1nc(N)cc(Oc2ccc(I)cc2)n1. The molecule has 1 heterocycles. The van der Waals surface area contributed by atoms with Crippen LogP contribution in [0, 0.1) is 3.57 Å². The lowest BCUT2D eigenvalue weighted by molar-refractivity contribution is 0.458. The fraction of sp³-hybridized carbons (Fsp3) is 0.231. The number of rotatable bonds is 4. The van der Waals surface area contributed by atoms with Gasteiger partial charge in [-0.15, -0.1) is 0 Å². The lowest BCUT2D eigenvalue weighted by Gasteiger charge is -2.07. The quantitative estimate of drug-likeness (QED) is 0.854. The minimum absolute atomic E-state index is 0.439. The number of halogens is 1. The summed E-state index contributed by atoms with van der Waals surface area (Å²) in [4.78, 5) is 8.49. The van der Waals surface area contributed by atoms with Crippen molar-refractivity contribution in [3.8, 4) is 11.6 Å². The van der Waals surface area contributed by atoms with Crippen LogP contribution in [0.5, 0.6) is 11.6 Å². The third-order valence-electron chi connectivity index (χ3n) is 2.28. The van der Waals surface area contributed by atoms with Gasteiger partial charge in [0.25, 0.3) is 0 Å². The molecule has 2 rings (SSSR count). The summed E-state index contributed by atoms with van der Waals surface area (Å²) in [6.07, 6.45) is 1.78. The maximum atomic E-state index is 5.74. The van der Waals surface area contributed by atoms with Gasteiger partial charge in [0.2, 0.25) is 5.88 Å². The summed E-state index contributed by atoms with van der Waals surface area (Å²) < 4.78 is 6.83. The van der Waals surface area contributed by atoms with Gasteiger partial charge < -0.3 is 10.5 Å².